The molecule has 10 heteroatoms. The Morgan fingerprint density at radius 2 is 2.00 bits per heavy atom. The molecule has 1 aromatic heterocycles. The van der Waals surface area contributed by atoms with Crippen LogP contribution in [0.25, 0.3) is 0 Å². The van der Waals surface area contributed by atoms with Gasteiger partial charge in [0.25, 0.3) is 5.91 Å². The lowest BCUT2D eigenvalue weighted by Crippen LogP contribution is -2.34. The normalized spacial score (nSPS) is 22.0. The van der Waals surface area contributed by atoms with Gasteiger partial charge in [-0.15, -0.1) is 12.4 Å². The number of rotatable bonds is 2. The second kappa shape index (κ2) is 5.92. The number of amides is 1. The number of carbonyl (C=O) groups is 2. The molecule has 0 unspecified atom stereocenters. The van der Waals surface area contributed by atoms with Crippen molar-refractivity contribution in [1.29, 1.82) is 0 Å². The number of alkyl halides is 3. The quantitative estimate of drug-likeness (QED) is 0.885. The zero-order valence-corrected chi connectivity index (χ0v) is 11.7. The fraction of sp³-hybridized carbons (Fsp3) is 0.545. The summed E-state index contributed by atoms with van der Waals surface area (Å²) in [5.41, 5.74) is 0.138. The molecule has 2 rings (SSSR count). The predicted molar refractivity (Wildman–Crippen MR) is 67.0 cm³/mol. The maximum atomic E-state index is 12.8. The summed E-state index contributed by atoms with van der Waals surface area (Å²) in [5, 5.41) is 12.6. The minimum Gasteiger partial charge on any atom is -0.481 e. The number of hydrogen-bond acceptors (Lipinski definition) is 3. The van der Waals surface area contributed by atoms with Gasteiger partial charge in [0, 0.05) is 26.3 Å². The summed E-state index contributed by atoms with van der Waals surface area (Å²) in [6.07, 6.45) is -2.04. The van der Waals surface area contributed by atoms with Crippen molar-refractivity contribution in [2.24, 2.45) is 18.9 Å². The van der Waals surface area contributed by atoms with Crippen LogP contribution in [0.3, 0.4) is 0 Å². The first-order valence-corrected chi connectivity index (χ1v) is 5.77. The van der Waals surface area contributed by atoms with Crippen molar-refractivity contribution < 1.29 is 27.9 Å². The molecule has 1 saturated heterocycles. The molecule has 0 aromatic carbocycles. The highest BCUT2D eigenvalue weighted by atomic mass is 35.5. The van der Waals surface area contributed by atoms with E-state index in [1.54, 1.807) is 7.05 Å². The summed E-state index contributed by atoms with van der Waals surface area (Å²) in [4.78, 5) is 23.8. The second-order valence-electron chi connectivity index (χ2n) is 4.71. The third kappa shape index (κ3) is 3.46. The predicted octanol–water partition coefficient (Wildman–Crippen LogP) is 1.18. The maximum absolute atomic E-state index is 12.8. The fourth-order valence-electron chi connectivity index (χ4n) is 2.27. The van der Waals surface area contributed by atoms with Crippen LogP contribution in [-0.4, -0.2) is 50.9 Å². The molecule has 0 bridgehead atoms. The topological polar surface area (TPSA) is 75.4 Å². The number of hydrogen-bond donors (Lipinski definition) is 1. The number of aromatic nitrogens is 2. The van der Waals surface area contributed by atoms with E-state index < -0.39 is 43.0 Å². The van der Waals surface area contributed by atoms with Crippen LogP contribution in [0.15, 0.2) is 12.4 Å². The molecule has 0 aliphatic carbocycles. The van der Waals surface area contributed by atoms with Crippen molar-refractivity contribution in [1.82, 2.24) is 14.7 Å². The van der Waals surface area contributed by atoms with Gasteiger partial charge in [-0.25, -0.2) is 0 Å². The molecule has 1 aromatic rings. The van der Waals surface area contributed by atoms with E-state index in [1.165, 1.54) is 17.1 Å². The number of halogens is 4. The standard InChI is InChI=1S/C11H12F3N3O3.ClH/c1-16-3-6(2-15-16)9(18)17-4-7(10(19)20)8(5-17)11(12,13)14;/h2-3,7-8H,4-5H2,1H3,(H,19,20);1H/t7-,8-;/m1./s1. The first-order chi connectivity index (χ1) is 9.20. The Hall–Kier alpha value is -1.77. The van der Waals surface area contributed by atoms with Crippen LogP contribution < -0.4 is 0 Å². The number of nitrogens with zero attached hydrogens (tertiary/aromatic N) is 3. The van der Waals surface area contributed by atoms with Crippen molar-refractivity contribution in [3.05, 3.63) is 18.0 Å². The zero-order chi connectivity index (χ0) is 15.1. The maximum Gasteiger partial charge on any atom is 0.394 e. The van der Waals surface area contributed by atoms with Crippen LogP contribution >= 0.6 is 12.4 Å². The van der Waals surface area contributed by atoms with Gasteiger partial charge in [-0.2, -0.15) is 18.3 Å². The zero-order valence-electron chi connectivity index (χ0n) is 10.9. The molecular weight excluding hydrogens is 315 g/mol. The highest BCUT2D eigenvalue weighted by Crippen LogP contribution is 2.38. The summed E-state index contributed by atoms with van der Waals surface area (Å²) < 4.78 is 39.7. The molecule has 118 valence electrons. The van der Waals surface area contributed by atoms with E-state index >= 15 is 0 Å². The van der Waals surface area contributed by atoms with E-state index in [0.717, 1.165) is 4.90 Å². The Labute approximate surface area is 123 Å². The summed E-state index contributed by atoms with van der Waals surface area (Å²) in [5.74, 6) is -5.86. The molecule has 1 amide bonds. The van der Waals surface area contributed by atoms with E-state index in [2.05, 4.69) is 5.10 Å². The number of carboxylic acids is 1. The second-order valence-corrected chi connectivity index (χ2v) is 4.71. The van der Waals surface area contributed by atoms with Gasteiger partial charge >= 0.3 is 12.1 Å². The van der Waals surface area contributed by atoms with Crippen LogP contribution in [0.2, 0.25) is 0 Å². The van der Waals surface area contributed by atoms with Crippen LogP contribution in [0, 0.1) is 11.8 Å². The highest BCUT2D eigenvalue weighted by molar-refractivity contribution is 5.94. The lowest BCUT2D eigenvalue weighted by molar-refractivity contribution is -0.187. The Morgan fingerprint density at radius 3 is 2.38 bits per heavy atom. The lowest BCUT2D eigenvalue weighted by atomic mass is 9.96. The molecule has 0 saturated carbocycles. The lowest BCUT2D eigenvalue weighted by Gasteiger charge is -2.18. The van der Waals surface area contributed by atoms with E-state index in [0.29, 0.717) is 0 Å². The van der Waals surface area contributed by atoms with Gasteiger partial charge in [-0.3, -0.25) is 14.3 Å². The monoisotopic (exact) mass is 327 g/mol. The Morgan fingerprint density at radius 1 is 1.38 bits per heavy atom. The molecule has 2 atom stereocenters. The van der Waals surface area contributed by atoms with Crippen LogP contribution in [0.5, 0.6) is 0 Å². The average Bonchev–Trinajstić information content (AvgIpc) is 2.93. The van der Waals surface area contributed by atoms with Gasteiger partial charge < -0.3 is 10.0 Å². The average molecular weight is 328 g/mol. The van der Waals surface area contributed by atoms with E-state index in [1.807, 2.05) is 0 Å². The van der Waals surface area contributed by atoms with Gasteiger partial charge in [0.1, 0.15) is 0 Å². The van der Waals surface area contributed by atoms with Gasteiger partial charge in [0.15, 0.2) is 0 Å². The van der Waals surface area contributed by atoms with Gasteiger partial charge in [0.05, 0.1) is 23.6 Å². The molecule has 21 heavy (non-hydrogen) atoms. The summed E-state index contributed by atoms with van der Waals surface area (Å²) in [6, 6.07) is 0. The molecule has 0 radical (unpaired) electrons. The summed E-state index contributed by atoms with van der Waals surface area (Å²) in [6.45, 7) is -1.10. The van der Waals surface area contributed by atoms with Crippen molar-refractivity contribution >= 4 is 24.3 Å². The van der Waals surface area contributed by atoms with E-state index in [-0.39, 0.29) is 18.0 Å². The van der Waals surface area contributed by atoms with Gasteiger partial charge in [-0.05, 0) is 0 Å². The Kier molecular flexibility index (Phi) is 4.87. The minimum absolute atomic E-state index is 0. The molecule has 1 aliphatic rings. The van der Waals surface area contributed by atoms with Gasteiger partial charge in [-0.1, -0.05) is 0 Å². The van der Waals surface area contributed by atoms with Crippen LogP contribution in [0.1, 0.15) is 10.4 Å². The fourth-order valence-corrected chi connectivity index (χ4v) is 2.27. The van der Waals surface area contributed by atoms with Crippen molar-refractivity contribution in [3.63, 3.8) is 0 Å². The van der Waals surface area contributed by atoms with E-state index in [4.69, 9.17) is 5.11 Å². The first kappa shape index (κ1) is 17.3. The Balaban J connectivity index is 0.00000220. The van der Waals surface area contributed by atoms with Gasteiger partial charge in [0.2, 0.25) is 0 Å². The molecule has 1 N–H and O–H groups in total. The van der Waals surface area contributed by atoms with Crippen LogP contribution in [-0.2, 0) is 11.8 Å². The molecule has 2 heterocycles. The number of aryl methyl sites for hydroxylation is 1. The molecule has 1 aliphatic heterocycles. The number of carbonyl (C=O) groups excluding carboxylic acids is 1. The number of carboxylic acid groups (broad SMARTS) is 1. The molecule has 0 spiro atoms. The summed E-state index contributed by atoms with van der Waals surface area (Å²) >= 11 is 0. The molecular formula is C11H13ClF3N3O3. The minimum atomic E-state index is -4.65. The third-order valence-electron chi connectivity index (χ3n) is 3.30. The van der Waals surface area contributed by atoms with Crippen molar-refractivity contribution in [2.45, 2.75) is 6.18 Å². The third-order valence-corrected chi connectivity index (χ3v) is 3.30. The number of likely N-dealkylation sites (tertiary alicyclic amines) is 1. The molecule has 6 nitrogen and oxygen atoms in total. The summed E-state index contributed by atoms with van der Waals surface area (Å²) in [7, 11) is 1.57. The number of aliphatic carboxylic acids is 1. The van der Waals surface area contributed by atoms with Crippen molar-refractivity contribution in [3.8, 4) is 0 Å². The van der Waals surface area contributed by atoms with Crippen molar-refractivity contribution in [2.75, 3.05) is 13.1 Å². The highest BCUT2D eigenvalue weighted by Gasteiger charge is 2.53. The van der Waals surface area contributed by atoms with Crippen LogP contribution in [0.4, 0.5) is 13.2 Å². The molecule has 1 fully saturated rings. The largest absolute Gasteiger partial charge is 0.481 e. The SMILES string of the molecule is Cl.Cn1cc(C(=O)N2C[C@@H](C(F)(F)F)[C@H](C(=O)O)C2)cn1. The smallest absolute Gasteiger partial charge is 0.394 e. The first-order valence-electron chi connectivity index (χ1n) is 5.77. The van der Waals surface area contributed by atoms with E-state index in [9.17, 15) is 22.8 Å². The Bertz CT molecular complexity index is 546.